The third-order valence-corrected chi connectivity index (χ3v) is 5.12. The Hall–Kier alpha value is -1.33. The summed E-state index contributed by atoms with van der Waals surface area (Å²) in [6, 6.07) is 11.2. The minimum atomic E-state index is -1.09. The molecule has 106 valence electrons. The summed E-state index contributed by atoms with van der Waals surface area (Å²) in [6.45, 7) is 1.92. The third kappa shape index (κ3) is 3.41. The molecule has 0 radical (unpaired) electrons. The van der Waals surface area contributed by atoms with E-state index in [1.807, 2.05) is 37.3 Å². The lowest BCUT2D eigenvalue weighted by atomic mass is 10.2. The van der Waals surface area contributed by atoms with Gasteiger partial charge in [-0.2, -0.15) is 0 Å². The fourth-order valence-corrected chi connectivity index (χ4v) is 3.82. The van der Waals surface area contributed by atoms with Gasteiger partial charge in [0.1, 0.15) is 5.75 Å². The first-order chi connectivity index (χ1) is 9.51. The number of benzene rings is 2. The number of halogens is 1. The standard InChI is InChI=1S/C15H16BrNO2S/c1-10-7-12(17)4-6-15(10)20(18)9-11-3-5-14(19-2)13(16)8-11/h3-8H,9,17H2,1-2H3. The highest BCUT2D eigenvalue weighted by Crippen LogP contribution is 2.27. The Bertz CT molecular complexity index is 658. The summed E-state index contributed by atoms with van der Waals surface area (Å²) < 4.78 is 18.5. The van der Waals surface area contributed by atoms with Gasteiger partial charge >= 0.3 is 0 Å². The monoisotopic (exact) mass is 353 g/mol. The van der Waals surface area contributed by atoms with Crippen molar-refractivity contribution >= 4 is 32.4 Å². The molecule has 0 aliphatic rings. The first kappa shape index (κ1) is 15.1. The zero-order valence-corrected chi connectivity index (χ0v) is 13.8. The average Bonchev–Trinajstić information content (AvgIpc) is 2.38. The van der Waals surface area contributed by atoms with E-state index in [9.17, 15) is 4.21 Å². The Balaban J connectivity index is 2.21. The summed E-state index contributed by atoms with van der Waals surface area (Å²) >= 11 is 3.44. The van der Waals surface area contributed by atoms with E-state index in [-0.39, 0.29) is 0 Å². The van der Waals surface area contributed by atoms with E-state index in [1.165, 1.54) is 0 Å². The number of ether oxygens (including phenoxy) is 1. The van der Waals surface area contributed by atoms with Gasteiger partial charge in [0.05, 0.1) is 28.1 Å². The highest BCUT2D eigenvalue weighted by atomic mass is 79.9. The van der Waals surface area contributed by atoms with Gasteiger partial charge < -0.3 is 10.5 Å². The maximum absolute atomic E-state index is 12.4. The minimum Gasteiger partial charge on any atom is -0.496 e. The highest BCUT2D eigenvalue weighted by Gasteiger charge is 2.10. The lowest BCUT2D eigenvalue weighted by Gasteiger charge is -2.09. The fraction of sp³-hybridized carbons (Fsp3) is 0.200. The van der Waals surface area contributed by atoms with E-state index in [1.54, 1.807) is 13.2 Å². The molecule has 0 aromatic heterocycles. The van der Waals surface area contributed by atoms with Crippen LogP contribution in [0.25, 0.3) is 0 Å². The molecule has 2 rings (SSSR count). The zero-order chi connectivity index (χ0) is 14.7. The van der Waals surface area contributed by atoms with Gasteiger partial charge in [0.2, 0.25) is 0 Å². The molecule has 3 nitrogen and oxygen atoms in total. The third-order valence-electron chi connectivity index (χ3n) is 2.96. The largest absolute Gasteiger partial charge is 0.496 e. The van der Waals surface area contributed by atoms with Crippen LogP contribution in [-0.2, 0) is 16.6 Å². The molecule has 0 saturated carbocycles. The summed E-state index contributed by atoms with van der Waals surface area (Å²) in [7, 11) is 0.532. The smallest absolute Gasteiger partial charge is 0.133 e. The van der Waals surface area contributed by atoms with Crippen molar-refractivity contribution in [1.29, 1.82) is 0 Å². The van der Waals surface area contributed by atoms with Crippen LogP contribution in [0.2, 0.25) is 0 Å². The van der Waals surface area contributed by atoms with Crippen LogP contribution < -0.4 is 10.5 Å². The van der Waals surface area contributed by atoms with Crippen LogP contribution in [0.1, 0.15) is 11.1 Å². The average molecular weight is 354 g/mol. The van der Waals surface area contributed by atoms with Gasteiger partial charge in [-0.15, -0.1) is 0 Å². The lowest BCUT2D eigenvalue weighted by Crippen LogP contribution is -2.00. The van der Waals surface area contributed by atoms with Crippen LogP contribution in [0.4, 0.5) is 5.69 Å². The van der Waals surface area contributed by atoms with E-state index in [0.717, 1.165) is 26.2 Å². The van der Waals surface area contributed by atoms with Crippen molar-refractivity contribution in [3.63, 3.8) is 0 Å². The second kappa shape index (κ2) is 6.41. The molecular formula is C15H16BrNO2S. The van der Waals surface area contributed by atoms with Crippen LogP contribution in [0.15, 0.2) is 45.8 Å². The van der Waals surface area contributed by atoms with Crippen LogP contribution in [-0.4, -0.2) is 11.3 Å². The topological polar surface area (TPSA) is 52.3 Å². The van der Waals surface area contributed by atoms with Gasteiger partial charge in [-0.3, -0.25) is 4.21 Å². The summed E-state index contributed by atoms with van der Waals surface area (Å²) in [6.07, 6.45) is 0. The number of nitrogen functional groups attached to an aromatic ring is 1. The Morgan fingerprint density at radius 3 is 2.60 bits per heavy atom. The normalized spacial score (nSPS) is 12.2. The molecule has 0 amide bonds. The number of hydrogen-bond acceptors (Lipinski definition) is 3. The molecule has 1 unspecified atom stereocenters. The molecule has 0 aliphatic heterocycles. The van der Waals surface area contributed by atoms with Gasteiger partial charge in [0.25, 0.3) is 0 Å². The first-order valence-corrected chi connectivity index (χ1v) is 8.19. The highest BCUT2D eigenvalue weighted by molar-refractivity contribution is 9.10. The summed E-state index contributed by atoms with van der Waals surface area (Å²) in [5.74, 6) is 1.23. The molecule has 2 aromatic carbocycles. The first-order valence-electron chi connectivity index (χ1n) is 6.08. The van der Waals surface area contributed by atoms with Crippen LogP contribution >= 0.6 is 15.9 Å². The van der Waals surface area contributed by atoms with Crippen LogP contribution in [0, 0.1) is 6.92 Å². The SMILES string of the molecule is COc1ccc(CS(=O)c2ccc(N)cc2C)cc1Br. The molecule has 0 aliphatic carbocycles. The van der Waals surface area contributed by atoms with Crippen molar-refractivity contribution in [3.8, 4) is 5.75 Å². The minimum absolute atomic E-state index is 0.466. The van der Waals surface area contributed by atoms with Gasteiger partial charge in [0, 0.05) is 10.6 Å². The van der Waals surface area contributed by atoms with Crippen LogP contribution in [0.5, 0.6) is 5.75 Å². The van der Waals surface area contributed by atoms with E-state index in [0.29, 0.717) is 11.4 Å². The van der Waals surface area contributed by atoms with Crippen molar-refractivity contribution < 1.29 is 8.95 Å². The van der Waals surface area contributed by atoms with Crippen molar-refractivity contribution in [2.75, 3.05) is 12.8 Å². The summed E-state index contributed by atoms with van der Waals surface area (Å²) in [5.41, 5.74) is 8.35. The molecule has 0 bridgehead atoms. The van der Waals surface area contributed by atoms with Gasteiger partial charge in [-0.05, 0) is 64.3 Å². The van der Waals surface area contributed by atoms with E-state index >= 15 is 0 Å². The molecule has 1 atom stereocenters. The fourth-order valence-electron chi connectivity index (χ4n) is 1.96. The zero-order valence-electron chi connectivity index (χ0n) is 11.4. The molecule has 0 spiro atoms. The number of anilines is 1. The number of rotatable bonds is 4. The van der Waals surface area contributed by atoms with Crippen molar-refractivity contribution in [2.45, 2.75) is 17.6 Å². The Morgan fingerprint density at radius 1 is 1.25 bits per heavy atom. The maximum atomic E-state index is 12.4. The second-order valence-corrected chi connectivity index (χ2v) is 6.76. The lowest BCUT2D eigenvalue weighted by molar-refractivity contribution is 0.412. The molecule has 20 heavy (non-hydrogen) atoms. The van der Waals surface area contributed by atoms with Crippen molar-refractivity contribution in [1.82, 2.24) is 0 Å². The van der Waals surface area contributed by atoms with E-state index < -0.39 is 10.8 Å². The number of nitrogens with two attached hydrogens (primary N) is 1. The molecule has 0 saturated heterocycles. The van der Waals surface area contributed by atoms with Crippen LogP contribution in [0.3, 0.4) is 0 Å². The number of hydrogen-bond donors (Lipinski definition) is 1. The van der Waals surface area contributed by atoms with Gasteiger partial charge in [0.15, 0.2) is 0 Å². The Kier molecular flexibility index (Phi) is 4.83. The quantitative estimate of drug-likeness (QED) is 0.853. The van der Waals surface area contributed by atoms with Crippen molar-refractivity contribution in [3.05, 3.63) is 52.0 Å². The predicted octanol–water partition coefficient (Wildman–Crippen LogP) is 3.66. The van der Waals surface area contributed by atoms with Crippen molar-refractivity contribution in [2.24, 2.45) is 0 Å². The van der Waals surface area contributed by atoms with Gasteiger partial charge in [-0.1, -0.05) is 6.07 Å². The number of methoxy groups -OCH3 is 1. The number of aryl methyl sites for hydroxylation is 1. The maximum Gasteiger partial charge on any atom is 0.133 e. The molecule has 2 N–H and O–H groups in total. The predicted molar refractivity (Wildman–Crippen MR) is 86.4 cm³/mol. The Morgan fingerprint density at radius 2 is 2.00 bits per heavy atom. The molecule has 2 aromatic rings. The molecule has 0 heterocycles. The second-order valence-electron chi connectivity index (χ2n) is 4.48. The van der Waals surface area contributed by atoms with E-state index in [4.69, 9.17) is 10.5 Å². The Labute approximate surface area is 129 Å². The summed E-state index contributed by atoms with van der Waals surface area (Å²) in [5, 5.41) is 0. The summed E-state index contributed by atoms with van der Waals surface area (Å²) in [4.78, 5) is 0.825. The molecule has 5 heteroatoms. The molecular weight excluding hydrogens is 338 g/mol. The van der Waals surface area contributed by atoms with Gasteiger partial charge in [-0.25, -0.2) is 0 Å². The molecule has 0 fully saturated rings. The van der Waals surface area contributed by atoms with E-state index in [2.05, 4.69) is 15.9 Å².